The molecule has 2 rings (SSSR count). The number of fused-ring (bicyclic) bond motifs is 1. The molecule has 78 valence electrons. The molecule has 15 heavy (non-hydrogen) atoms. The lowest BCUT2D eigenvalue weighted by Crippen LogP contribution is -2.22. The summed E-state index contributed by atoms with van der Waals surface area (Å²) in [5.41, 5.74) is 6.27. The number of nitrogens with two attached hydrogens (primary N) is 1. The van der Waals surface area contributed by atoms with Gasteiger partial charge in [-0.15, -0.1) is 0 Å². The number of benzene rings is 1. The number of para-hydroxylation sites is 1. The van der Waals surface area contributed by atoms with Crippen LogP contribution < -0.4 is 11.1 Å². The van der Waals surface area contributed by atoms with Gasteiger partial charge in [0.25, 0.3) is 0 Å². The molecule has 4 heteroatoms. The number of H-pyrrole nitrogens is 1. The highest BCUT2D eigenvalue weighted by molar-refractivity contribution is 5.87. The van der Waals surface area contributed by atoms with E-state index in [9.17, 15) is 4.79 Å². The highest BCUT2D eigenvalue weighted by atomic mass is 16.1. The second-order valence-electron chi connectivity index (χ2n) is 3.37. The second kappa shape index (κ2) is 4.14. The summed E-state index contributed by atoms with van der Waals surface area (Å²) < 4.78 is 0. The largest absolute Gasteiger partial charge is 0.364 e. The maximum atomic E-state index is 11.0. The number of nitrogens with one attached hydrogen (secondary N) is 2. The summed E-state index contributed by atoms with van der Waals surface area (Å²) >= 11 is 0. The molecule has 0 saturated carbocycles. The van der Waals surface area contributed by atoms with E-state index in [2.05, 4.69) is 10.3 Å². The highest BCUT2D eigenvalue weighted by Crippen LogP contribution is 2.17. The van der Waals surface area contributed by atoms with Gasteiger partial charge in [0.2, 0.25) is 0 Å². The minimum Gasteiger partial charge on any atom is -0.364 e. The van der Waals surface area contributed by atoms with Gasteiger partial charge in [0.1, 0.15) is 5.82 Å². The van der Waals surface area contributed by atoms with Crippen LogP contribution in [0.4, 0.5) is 5.82 Å². The molecule has 4 nitrogen and oxygen atoms in total. The van der Waals surface area contributed by atoms with E-state index in [1.54, 1.807) is 0 Å². The van der Waals surface area contributed by atoms with Crippen molar-refractivity contribution in [3.63, 3.8) is 0 Å². The fourth-order valence-corrected chi connectivity index (χ4v) is 1.43. The van der Waals surface area contributed by atoms with E-state index in [-0.39, 0.29) is 18.9 Å². The molecule has 0 bridgehead atoms. The summed E-state index contributed by atoms with van der Waals surface area (Å²) in [4.78, 5) is 14.2. The number of carbonyl (C=O) groups is 1. The van der Waals surface area contributed by atoms with Crippen molar-refractivity contribution < 1.29 is 4.79 Å². The topological polar surface area (TPSA) is 70.9 Å². The molecule has 0 aliphatic heterocycles. The van der Waals surface area contributed by atoms with E-state index >= 15 is 0 Å². The first-order chi connectivity index (χ1) is 7.29. The van der Waals surface area contributed by atoms with Crippen molar-refractivity contribution in [2.45, 2.75) is 0 Å². The van der Waals surface area contributed by atoms with Gasteiger partial charge < -0.3 is 16.0 Å². The Hall–Kier alpha value is -1.81. The average Bonchev–Trinajstić information content (AvgIpc) is 2.68. The third kappa shape index (κ3) is 2.16. The number of hydrogen-bond acceptors (Lipinski definition) is 3. The first-order valence-corrected chi connectivity index (χ1v) is 4.83. The maximum absolute atomic E-state index is 11.0. The molecule has 1 aromatic heterocycles. The number of aromatic amines is 1. The van der Waals surface area contributed by atoms with E-state index in [1.807, 2.05) is 30.3 Å². The van der Waals surface area contributed by atoms with Gasteiger partial charge in [0, 0.05) is 10.9 Å². The zero-order valence-electron chi connectivity index (χ0n) is 8.29. The van der Waals surface area contributed by atoms with Gasteiger partial charge in [-0.05, 0) is 12.1 Å². The number of hydrogen-bond donors (Lipinski definition) is 3. The molecule has 0 radical (unpaired) electrons. The average molecular weight is 203 g/mol. The Morgan fingerprint density at radius 3 is 2.93 bits per heavy atom. The first-order valence-electron chi connectivity index (χ1n) is 4.83. The van der Waals surface area contributed by atoms with Gasteiger partial charge in [-0.25, -0.2) is 0 Å². The molecule has 0 fully saturated rings. The molecular formula is C11H13N3O. The Bertz CT molecular complexity index is 442. The molecular weight excluding hydrogens is 190 g/mol. The van der Waals surface area contributed by atoms with Crippen molar-refractivity contribution in [1.82, 2.24) is 4.98 Å². The smallest absolute Gasteiger partial charge is 0.165 e. The molecule has 0 spiro atoms. The van der Waals surface area contributed by atoms with Gasteiger partial charge in [0.05, 0.1) is 13.1 Å². The van der Waals surface area contributed by atoms with E-state index in [0.29, 0.717) is 0 Å². The van der Waals surface area contributed by atoms with Crippen LogP contribution in [-0.4, -0.2) is 23.9 Å². The summed E-state index contributed by atoms with van der Waals surface area (Å²) in [5, 5.41) is 4.12. The molecule has 0 atom stereocenters. The Morgan fingerprint density at radius 1 is 1.40 bits per heavy atom. The van der Waals surface area contributed by atoms with Crippen LogP contribution in [0.5, 0.6) is 0 Å². The van der Waals surface area contributed by atoms with Gasteiger partial charge in [0.15, 0.2) is 5.78 Å². The van der Waals surface area contributed by atoms with Gasteiger partial charge in [-0.2, -0.15) is 0 Å². The number of ketones is 1. The molecule has 0 amide bonds. The van der Waals surface area contributed by atoms with Crippen molar-refractivity contribution in [3.8, 4) is 0 Å². The number of rotatable bonds is 4. The normalized spacial score (nSPS) is 10.5. The van der Waals surface area contributed by atoms with Crippen LogP contribution in [0, 0.1) is 0 Å². The zero-order chi connectivity index (χ0) is 10.7. The summed E-state index contributed by atoms with van der Waals surface area (Å²) in [5.74, 6) is 0.839. The minimum absolute atomic E-state index is 0.00587. The third-order valence-electron chi connectivity index (χ3n) is 2.23. The molecule has 0 aliphatic carbocycles. The zero-order valence-corrected chi connectivity index (χ0v) is 8.29. The monoisotopic (exact) mass is 203 g/mol. The summed E-state index contributed by atoms with van der Waals surface area (Å²) in [6.07, 6.45) is 0. The molecule has 0 aliphatic rings. The lowest BCUT2D eigenvalue weighted by Gasteiger charge is -2.00. The fraction of sp³-hybridized carbons (Fsp3) is 0.182. The van der Waals surface area contributed by atoms with Gasteiger partial charge in [-0.3, -0.25) is 4.79 Å². The summed E-state index contributed by atoms with van der Waals surface area (Å²) in [6.45, 7) is 0.344. The third-order valence-corrected chi connectivity index (χ3v) is 2.23. The maximum Gasteiger partial charge on any atom is 0.165 e. The number of aromatic nitrogens is 1. The fourth-order valence-electron chi connectivity index (χ4n) is 1.43. The summed E-state index contributed by atoms with van der Waals surface area (Å²) in [6, 6.07) is 9.92. The molecule has 1 heterocycles. The standard InChI is InChI=1S/C11H13N3O/c12-6-9(15)7-13-11-5-8-3-1-2-4-10(8)14-11/h1-5,13-14H,6-7,12H2. The lowest BCUT2D eigenvalue weighted by molar-refractivity contribution is -0.116. The number of anilines is 1. The molecule has 1 aromatic carbocycles. The quantitative estimate of drug-likeness (QED) is 0.697. The van der Waals surface area contributed by atoms with Crippen LogP contribution in [0.25, 0.3) is 10.9 Å². The van der Waals surface area contributed by atoms with Crippen molar-refractivity contribution in [1.29, 1.82) is 0 Å². The molecule has 0 unspecified atom stereocenters. The van der Waals surface area contributed by atoms with Crippen LogP contribution in [0.15, 0.2) is 30.3 Å². The van der Waals surface area contributed by atoms with E-state index in [4.69, 9.17) is 5.73 Å². The lowest BCUT2D eigenvalue weighted by atomic mass is 10.2. The van der Waals surface area contributed by atoms with Crippen LogP contribution in [0.3, 0.4) is 0 Å². The van der Waals surface area contributed by atoms with Crippen LogP contribution in [0.1, 0.15) is 0 Å². The second-order valence-corrected chi connectivity index (χ2v) is 3.37. The van der Waals surface area contributed by atoms with Crippen molar-refractivity contribution in [2.24, 2.45) is 5.73 Å². The first kappa shape index (κ1) is 9.73. The minimum atomic E-state index is -0.00587. The Balaban J connectivity index is 2.12. The van der Waals surface area contributed by atoms with E-state index in [0.717, 1.165) is 16.7 Å². The molecule has 2 aromatic rings. The molecule has 4 N–H and O–H groups in total. The highest BCUT2D eigenvalue weighted by Gasteiger charge is 2.01. The number of Topliss-reactive ketones (excluding diaryl/α,β-unsaturated/α-hetero) is 1. The Kier molecular flexibility index (Phi) is 2.69. The van der Waals surface area contributed by atoms with Crippen LogP contribution >= 0.6 is 0 Å². The SMILES string of the molecule is NCC(=O)CNc1cc2ccccc2[nH]1. The summed E-state index contributed by atoms with van der Waals surface area (Å²) in [7, 11) is 0. The van der Waals surface area contributed by atoms with Crippen LogP contribution in [0.2, 0.25) is 0 Å². The van der Waals surface area contributed by atoms with E-state index in [1.165, 1.54) is 0 Å². The number of carbonyl (C=O) groups excluding carboxylic acids is 1. The van der Waals surface area contributed by atoms with Crippen molar-refractivity contribution >= 4 is 22.5 Å². The Labute approximate surface area is 87.5 Å². The van der Waals surface area contributed by atoms with Crippen LogP contribution in [-0.2, 0) is 4.79 Å². The molecule has 0 saturated heterocycles. The van der Waals surface area contributed by atoms with Gasteiger partial charge >= 0.3 is 0 Å². The van der Waals surface area contributed by atoms with E-state index < -0.39 is 0 Å². The van der Waals surface area contributed by atoms with Crippen molar-refractivity contribution in [2.75, 3.05) is 18.4 Å². The Morgan fingerprint density at radius 2 is 2.20 bits per heavy atom. The predicted molar refractivity (Wildman–Crippen MR) is 60.8 cm³/mol. The van der Waals surface area contributed by atoms with Crippen molar-refractivity contribution in [3.05, 3.63) is 30.3 Å². The predicted octanol–water partition coefficient (Wildman–Crippen LogP) is 1.11. The van der Waals surface area contributed by atoms with Gasteiger partial charge in [-0.1, -0.05) is 18.2 Å².